The second-order valence-electron chi connectivity index (χ2n) is 4.80. The summed E-state index contributed by atoms with van der Waals surface area (Å²) in [5, 5.41) is 3.40. The summed E-state index contributed by atoms with van der Waals surface area (Å²) >= 11 is 0. The predicted octanol–water partition coefficient (Wildman–Crippen LogP) is 3.10. The number of rotatable bonds is 4. The number of carbonyl (C=O) groups excluding carboxylic acids is 1. The lowest BCUT2D eigenvalue weighted by Crippen LogP contribution is -2.11. The molecule has 15 heavy (non-hydrogen) atoms. The maximum absolute atomic E-state index is 11.1. The van der Waals surface area contributed by atoms with Gasteiger partial charge in [0.05, 0.1) is 0 Å². The normalized spacial score (nSPS) is 17.2. The SMILES string of the molecule is CC(=O)c1ccc(NCC2(C)CC2)cc1. The van der Waals surface area contributed by atoms with Crippen LogP contribution in [0.15, 0.2) is 24.3 Å². The number of carbonyl (C=O) groups is 1. The average Bonchev–Trinajstić information content (AvgIpc) is 2.95. The van der Waals surface area contributed by atoms with E-state index in [1.807, 2.05) is 24.3 Å². The molecule has 1 N–H and O–H groups in total. The van der Waals surface area contributed by atoms with Gasteiger partial charge >= 0.3 is 0 Å². The summed E-state index contributed by atoms with van der Waals surface area (Å²) in [6.07, 6.45) is 2.65. The highest BCUT2D eigenvalue weighted by Gasteiger charge is 2.36. The molecule has 0 heterocycles. The van der Waals surface area contributed by atoms with Gasteiger partial charge in [-0.25, -0.2) is 0 Å². The van der Waals surface area contributed by atoms with Crippen LogP contribution < -0.4 is 5.32 Å². The lowest BCUT2D eigenvalue weighted by atomic mass is 10.1. The fourth-order valence-electron chi connectivity index (χ4n) is 1.53. The molecule has 1 fully saturated rings. The van der Waals surface area contributed by atoms with E-state index < -0.39 is 0 Å². The number of hydrogen-bond acceptors (Lipinski definition) is 2. The molecule has 1 aromatic rings. The van der Waals surface area contributed by atoms with E-state index in [9.17, 15) is 4.79 Å². The highest BCUT2D eigenvalue weighted by Crippen LogP contribution is 2.44. The van der Waals surface area contributed by atoms with E-state index in [1.165, 1.54) is 12.8 Å². The van der Waals surface area contributed by atoms with Gasteiger partial charge in [0.15, 0.2) is 5.78 Å². The third kappa shape index (κ3) is 2.58. The van der Waals surface area contributed by atoms with Gasteiger partial charge in [-0.05, 0) is 49.4 Å². The first kappa shape index (κ1) is 10.2. The van der Waals surface area contributed by atoms with E-state index in [1.54, 1.807) is 6.92 Å². The molecule has 1 aliphatic carbocycles. The smallest absolute Gasteiger partial charge is 0.159 e. The zero-order valence-electron chi connectivity index (χ0n) is 9.34. The number of nitrogens with one attached hydrogen (secondary N) is 1. The van der Waals surface area contributed by atoms with E-state index >= 15 is 0 Å². The molecule has 0 radical (unpaired) electrons. The maximum atomic E-state index is 11.1. The summed E-state index contributed by atoms with van der Waals surface area (Å²) in [6, 6.07) is 7.70. The molecule has 0 atom stereocenters. The van der Waals surface area contributed by atoms with Crippen LogP contribution in [-0.2, 0) is 0 Å². The Hall–Kier alpha value is -1.31. The minimum Gasteiger partial charge on any atom is -0.384 e. The van der Waals surface area contributed by atoms with Crippen molar-refractivity contribution in [1.82, 2.24) is 0 Å². The Morgan fingerprint density at radius 1 is 1.33 bits per heavy atom. The minimum atomic E-state index is 0.121. The van der Waals surface area contributed by atoms with Crippen LogP contribution in [0.4, 0.5) is 5.69 Å². The Morgan fingerprint density at radius 3 is 2.40 bits per heavy atom. The number of ketones is 1. The molecular formula is C13H17NO. The van der Waals surface area contributed by atoms with Gasteiger partial charge in [-0.2, -0.15) is 0 Å². The van der Waals surface area contributed by atoms with Crippen molar-refractivity contribution in [1.29, 1.82) is 0 Å². The van der Waals surface area contributed by atoms with Crippen LogP contribution in [0.2, 0.25) is 0 Å². The highest BCUT2D eigenvalue weighted by molar-refractivity contribution is 5.94. The number of hydrogen-bond donors (Lipinski definition) is 1. The van der Waals surface area contributed by atoms with Crippen LogP contribution in [0.5, 0.6) is 0 Å². The molecule has 2 nitrogen and oxygen atoms in total. The van der Waals surface area contributed by atoms with Crippen molar-refractivity contribution in [3.05, 3.63) is 29.8 Å². The Bertz CT molecular complexity index is 363. The number of Topliss-reactive ketones (excluding diaryl/α,β-unsaturated/α-hetero) is 1. The lowest BCUT2D eigenvalue weighted by molar-refractivity contribution is 0.101. The molecule has 0 bridgehead atoms. The van der Waals surface area contributed by atoms with Gasteiger partial charge in [-0.3, -0.25) is 4.79 Å². The summed E-state index contributed by atoms with van der Waals surface area (Å²) < 4.78 is 0. The first-order valence-electron chi connectivity index (χ1n) is 5.44. The van der Waals surface area contributed by atoms with Crippen LogP contribution in [0, 0.1) is 5.41 Å². The Balaban J connectivity index is 1.95. The first-order valence-corrected chi connectivity index (χ1v) is 5.44. The molecule has 2 heteroatoms. The zero-order valence-corrected chi connectivity index (χ0v) is 9.34. The van der Waals surface area contributed by atoms with Crippen molar-refractivity contribution in [3.8, 4) is 0 Å². The van der Waals surface area contributed by atoms with Gasteiger partial charge in [0.2, 0.25) is 0 Å². The number of benzene rings is 1. The van der Waals surface area contributed by atoms with Crippen molar-refractivity contribution in [3.63, 3.8) is 0 Å². The molecule has 0 spiro atoms. The lowest BCUT2D eigenvalue weighted by Gasteiger charge is -2.11. The van der Waals surface area contributed by atoms with Crippen LogP contribution in [0.3, 0.4) is 0 Å². The molecule has 0 unspecified atom stereocenters. The highest BCUT2D eigenvalue weighted by atomic mass is 16.1. The van der Waals surface area contributed by atoms with E-state index in [0.29, 0.717) is 5.41 Å². The molecule has 1 aliphatic rings. The van der Waals surface area contributed by atoms with Gasteiger partial charge in [0, 0.05) is 17.8 Å². The molecule has 1 saturated carbocycles. The summed E-state index contributed by atoms with van der Waals surface area (Å²) in [6.45, 7) is 4.92. The molecular weight excluding hydrogens is 186 g/mol. The summed E-state index contributed by atoms with van der Waals surface area (Å²) in [5.41, 5.74) is 2.39. The van der Waals surface area contributed by atoms with Gasteiger partial charge in [-0.15, -0.1) is 0 Å². The molecule has 80 valence electrons. The largest absolute Gasteiger partial charge is 0.384 e. The van der Waals surface area contributed by atoms with Gasteiger partial charge in [-0.1, -0.05) is 6.92 Å². The molecule has 2 rings (SSSR count). The summed E-state index contributed by atoms with van der Waals surface area (Å²) in [5.74, 6) is 0.121. The molecule has 1 aromatic carbocycles. The Kier molecular flexibility index (Phi) is 2.51. The molecule has 0 saturated heterocycles. The maximum Gasteiger partial charge on any atom is 0.159 e. The van der Waals surface area contributed by atoms with E-state index in [4.69, 9.17) is 0 Å². The van der Waals surface area contributed by atoms with Crippen molar-refractivity contribution in [2.75, 3.05) is 11.9 Å². The zero-order chi connectivity index (χ0) is 10.9. The van der Waals surface area contributed by atoms with E-state index in [0.717, 1.165) is 17.8 Å². The second-order valence-corrected chi connectivity index (χ2v) is 4.80. The van der Waals surface area contributed by atoms with Crippen molar-refractivity contribution in [2.24, 2.45) is 5.41 Å². The summed E-state index contributed by atoms with van der Waals surface area (Å²) in [7, 11) is 0. The van der Waals surface area contributed by atoms with Crippen LogP contribution in [-0.4, -0.2) is 12.3 Å². The fraction of sp³-hybridized carbons (Fsp3) is 0.462. The Morgan fingerprint density at radius 2 is 1.93 bits per heavy atom. The fourth-order valence-corrected chi connectivity index (χ4v) is 1.53. The minimum absolute atomic E-state index is 0.121. The van der Waals surface area contributed by atoms with Gasteiger partial charge < -0.3 is 5.32 Å². The third-order valence-corrected chi connectivity index (χ3v) is 3.11. The average molecular weight is 203 g/mol. The second kappa shape index (κ2) is 3.69. The van der Waals surface area contributed by atoms with Crippen LogP contribution >= 0.6 is 0 Å². The van der Waals surface area contributed by atoms with Crippen molar-refractivity contribution >= 4 is 11.5 Å². The first-order chi connectivity index (χ1) is 7.09. The van der Waals surface area contributed by atoms with Crippen LogP contribution in [0.1, 0.15) is 37.0 Å². The van der Waals surface area contributed by atoms with Crippen molar-refractivity contribution < 1.29 is 4.79 Å². The standard InChI is InChI=1S/C13H17NO/c1-10(15)11-3-5-12(6-4-11)14-9-13(2)7-8-13/h3-6,14H,7-9H2,1-2H3. The number of anilines is 1. The van der Waals surface area contributed by atoms with Crippen LogP contribution in [0.25, 0.3) is 0 Å². The van der Waals surface area contributed by atoms with E-state index in [-0.39, 0.29) is 5.78 Å². The van der Waals surface area contributed by atoms with E-state index in [2.05, 4.69) is 12.2 Å². The quantitative estimate of drug-likeness (QED) is 0.762. The Labute approximate surface area is 90.7 Å². The van der Waals surface area contributed by atoms with Gasteiger partial charge in [0.1, 0.15) is 0 Å². The molecule has 0 amide bonds. The van der Waals surface area contributed by atoms with Gasteiger partial charge in [0.25, 0.3) is 0 Å². The van der Waals surface area contributed by atoms with Crippen molar-refractivity contribution in [2.45, 2.75) is 26.7 Å². The molecule has 0 aliphatic heterocycles. The monoisotopic (exact) mass is 203 g/mol. The third-order valence-electron chi connectivity index (χ3n) is 3.11. The predicted molar refractivity (Wildman–Crippen MR) is 62.3 cm³/mol. The topological polar surface area (TPSA) is 29.1 Å². The summed E-state index contributed by atoms with van der Waals surface area (Å²) in [4.78, 5) is 11.1. The molecule has 0 aromatic heterocycles.